The quantitative estimate of drug-likeness (QED) is 0.414. The van der Waals surface area contributed by atoms with Crippen LogP contribution >= 0.6 is 15.9 Å². The number of nitrogens with one attached hydrogen (secondary N) is 2. The number of benzene rings is 2. The Balaban J connectivity index is 1.76. The van der Waals surface area contributed by atoms with Crippen LogP contribution in [0.25, 0.3) is 21.9 Å². The van der Waals surface area contributed by atoms with Crippen molar-refractivity contribution in [2.75, 3.05) is 0 Å². The number of carbonyl (C=O) groups is 1. The number of carbonyl (C=O) groups excluding carboxylic acids is 1. The number of hydrogen-bond acceptors (Lipinski definition) is 5. The normalized spacial score (nSPS) is 16.8. The van der Waals surface area contributed by atoms with Crippen molar-refractivity contribution in [3.8, 4) is 0 Å². The molecule has 0 bridgehead atoms. The molecule has 7 nitrogen and oxygen atoms in total. The molecule has 27 heavy (non-hydrogen) atoms. The molecule has 1 fully saturated rings. The van der Waals surface area contributed by atoms with E-state index < -0.39 is 21.5 Å². The molecule has 1 aromatic heterocycles. The van der Waals surface area contributed by atoms with Crippen molar-refractivity contribution in [3.05, 3.63) is 40.9 Å². The first-order valence-corrected chi connectivity index (χ1v) is 10.7. The number of sulfonamides is 1. The van der Waals surface area contributed by atoms with Crippen molar-refractivity contribution in [1.29, 1.82) is 0 Å². The smallest absolute Gasteiger partial charge is 0.264 e. The van der Waals surface area contributed by atoms with Crippen molar-refractivity contribution in [1.82, 2.24) is 10.2 Å². The van der Waals surface area contributed by atoms with Gasteiger partial charge in [0.15, 0.2) is 0 Å². The Hall–Kier alpha value is -1.94. The van der Waals surface area contributed by atoms with Crippen LogP contribution in [0.1, 0.15) is 25.7 Å². The maximum absolute atomic E-state index is 12.9. The Morgan fingerprint density at radius 3 is 2.37 bits per heavy atom. The van der Waals surface area contributed by atoms with Crippen molar-refractivity contribution < 1.29 is 22.8 Å². The maximum Gasteiger partial charge on any atom is 0.264 e. The van der Waals surface area contributed by atoms with Crippen LogP contribution in [0, 0.1) is 0 Å². The first-order chi connectivity index (χ1) is 12.8. The third-order valence-corrected chi connectivity index (χ3v) is 7.07. The summed E-state index contributed by atoms with van der Waals surface area (Å²) in [6, 6.07) is 10.2. The molecule has 9 heteroatoms. The molecule has 0 saturated heterocycles. The monoisotopic (exact) mass is 452 g/mol. The highest BCUT2D eigenvalue weighted by atomic mass is 79.9. The number of hydroxylamine groups is 1. The van der Waals surface area contributed by atoms with E-state index in [1.165, 1.54) is 12.1 Å². The molecule has 1 aliphatic rings. The van der Waals surface area contributed by atoms with Crippen molar-refractivity contribution in [3.63, 3.8) is 0 Å². The molecule has 142 valence electrons. The van der Waals surface area contributed by atoms with Crippen LogP contribution in [0.5, 0.6) is 0 Å². The Morgan fingerprint density at radius 1 is 1.07 bits per heavy atom. The Morgan fingerprint density at radius 2 is 1.70 bits per heavy atom. The van der Waals surface area contributed by atoms with Crippen LogP contribution in [-0.2, 0) is 14.8 Å². The van der Waals surface area contributed by atoms with Gasteiger partial charge in [-0.1, -0.05) is 28.8 Å². The fourth-order valence-electron chi connectivity index (χ4n) is 3.68. The van der Waals surface area contributed by atoms with Crippen LogP contribution < -0.4 is 10.2 Å². The predicted molar refractivity (Wildman–Crippen MR) is 103 cm³/mol. The van der Waals surface area contributed by atoms with Gasteiger partial charge < -0.3 is 4.42 Å². The summed E-state index contributed by atoms with van der Waals surface area (Å²) in [4.78, 5) is 12.1. The summed E-state index contributed by atoms with van der Waals surface area (Å²) in [5.41, 5.74) is 1.34. The van der Waals surface area contributed by atoms with E-state index in [0.717, 1.165) is 15.2 Å². The standard InChI is InChI=1S/C18H17BrN2O5S/c19-11-3-5-13-14-6-4-12(10-16(14)26-15(13)9-11)27(24,25)21-18(17(22)20-23)7-1-2-8-18/h3-6,9-10,21,23H,1-2,7-8H2,(H,20,22). The van der Waals surface area contributed by atoms with E-state index in [0.29, 0.717) is 36.8 Å². The minimum absolute atomic E-state index is 0.00476. The van der Waals surface area contributed by atoms with Crippen LogP contribution in [0.3, 0.4) is 0 Å². The lowest BCUT2D eigenvalue weighted by atomic mass is 9.99. The number of fused-ring (bicyclic) bond motifs is 3. The Bertz CT molecular complexity index is 1150. The molecular formula is C18H17BrN2O5S. The van der Waals surface area contributed by atoms with Gasteiger partial charge in [0.05, 0.1) is 4.90 Å². The molecule has 0 atom stereocenters. The number of amides is 1. The molecule has 1 heterocycles. The molecule has 1 aliphatic carbocycles. The third kappa shape index (κ3) is 3.14. The van der Waals surface area contributed by atoms with Crippen molar-refractivity contribution in [2.45, 2.75) is 36.1 Å². The zero-order valence-electron chi connectivity index (χ0n) is 14.2. The zero-order chi connectivity index (χ0) is 19.2. The highest BCUT2D eigenvalue weighted by Crippen LogP contribution is 2.34. The summed E-state index contributed by atoms with van der Waals surface area (Å²) in [6.07, 6.45) is 2.07. The van der Waals surface area contributed by atoms with E-state index in [1.54, 1.807) is 11.5 Å². The lowest BCUT2D eigenvalue weighted by molar-refractivity contribution is -0.135. The number of hydrogen-bond donors (Lipinski definition) is 3. The molecule has 1 amide bonds. The third-order valence-electron chi connectivity index (χ3n) is 5.04. The van der Waals surface area contributed by atoms with E-state index in [2.05, 4.69) is 20.7 Å². The average Bonchev–Trinajstić information content (AvgIpc) is 3.24. The first kappa shape index (κ1) is 18.4. The molecule has 0 unspecified atom stereocenters. The van der Waals surface area contributed by atoms with Crippen LogP contribution in [-0.4, -0.2) is 25.1 Å². The van der Waals surface area contributed by atoms with Gasteiger partial charge in [-0.3, -0.25) is 10.0 Å². The van der Waals surface area contributed by atoms with Gasteiger partial charge in [0, 0.05) is 21.3 Å². The summed E-state index contributed by atoms with van der Waals surface area (Å²) >= 11 is 3.39. The SMILES string of the molecule is O=C(NO)C1(NS(=O)(=O)c2ccc3c(c2)oc2cc(Br)ccc23)CCCC1. The Kier molecular flexibility index (Phi) is 4.50. The molecule has 0 spiro atoms. The molecule has 0 aliphatic heterocycles. The molecular weight excluding hydrogens is 436 g/mol. The summed E-state index contributed by atoms with van der Waals surface area (Å²) in [7, 11) is -3.99. The molecule has 3 aromatic rings. The lowest BCUT2D eigenvalue weighted by Crippen LogP contribution is -2.56. The fourth-order valence-corrected chi connectivity index (χ4v) is 5.45. The lowest BCUT2D eigenvalue weighted by Gasteiger charge is -2.27. The van der Waals surface area contributed by atoms with Gasteiger partial charge in [-0.25, -0.2) is 13.9 Å². The highest BCUT2D eigenvalue weighted by Gasteiger charge is 2.44. The summed E-state index contributed by atoms with van der Waals surface area (Å²) in [5, 5.41) is 10.7. The predicted octanol–water partition coefficient (Wildman–Crippen LogP) is 3.45. The van der Waals surface area contributed by atoms with E-state index in [4.69, 9.17) is 9.62 Å². The number of halogens is 1. The zero-order valence-corrected chi connectivity index (χ0v) is 16.6. The van der Waals surface area contributed by atoms with Crippen LogP contribution in [0.15, 0.2) is 50.2 Å². The molecule has 4 rings (SSSR count). The molecule has 0 radical (unpaired) electrons. The van der Waals surface area contributed by atoms with Crippen LogP contribution in [0.4, 0.5) is 0 Å². The summed E-state index contributed by atoms with van der Waals surface area (Å²) in [6.45, 7) is 0. The fraction of sp³-hybridized carbons (Fsp3) is 0.278. The van der Waals surface area contributed by atoms with E-state index >= 15 is 0 Å². The highest BCUT2D eigenvalue weighted by molar-refractivity contribution is 9.10. The maximum atomic E-state index is 12.9. The van der Waals surface area contributed by atoms with Gasteiger partial charge in [0.25, 0.3) is 5.91 Å². The number of furan rings is 1. The van der Waals surface area contributed by atoms with Crippen molar-refractivity contribution >= 4 is 53.8 Å². The van der Waals surface area contributed by atoms with E-state index in [9.17, 15) is 13.2 Å². The molecule has 1 saturated carbocycles. The number of rotatable bonds is 4. The molecule has 2 aromatic carbocycles. The van der Waals surface area contributed by atoms with Gasteiger partial charge in [0.2, 0.25) is 10.0 Å². The average molecular weight is 453 g/mol. The minimum atomic E-state index is -3.99. The molecule has 3 N–H and O–H groups in total. The second-order valence-corrected chi connectivity index (χ2v) is 9.33. The minimum Gasteiger partial charge on any atom is -0.456 e. The topological polar surface area (TPSA) is 109 Å². The second kappa shape index (κ2) is 6.59. The van der Waals surface area contributed by atoms with Gasteiger partial charge in [0.1, 0.15) is 16.7 Å². The van der Waals surface area contributed by atoms with Gasteiger partial charge in [-0.2, -0.15) is 4.72 Å². The van der Waals surface area contributed by atoms with Gasteiger partial charge >= 0.3 is 0 Å². The van der Waals surface area contributed by atoms with Crippen LogP contribution in [0.2, 0.25) is 0 Å². The first-order valence-electron chi connectivity index (χ1n) is 8.45. The van der Waals surface area contributed by atoms with E-state index in [1.807, 2.05) is 18.2 Å². The largest absolute Gasteiger partial charge is 0.456 e. The van der Waals surface area contributed by atoms with Crippen molar-refractivity contribution in [2.24, 2.45) is 0 Å². The summed E-state index contributed by atoms with van der Waals surface area (Å²) < 4.78 is 35.0. The Labute approximate surface area is 163 Å². The van der Waals surface area contributed by atoms with E-state index in [-0.39, 0.29) is 4.90 Å². The second-order valence-electron chi connectivity index (χ2n) is 6.74. The van der Waals surface area contributed by atoms with Gasteiger partial charge in [-0.15, -0.1) is 0 Å². The van der Waals surface area contributed by atoms with Gasteiger partial charge in [-0.05, 0) is 43.2 Å². The summed E-state index contributed by atoms with van der Waals surface area (Å²) in [5.74, 6) is -0.738.